The Hall–Kier alpha value is -1.53. The van der Waals surface area contributed by atoms with Gasteiger partial charge in [-0.2, -0.15) is 5.10 Å². The molecule has 0 amide bonds. The molecule has 0 radical (unpaired) electrons. The molecular formula is C12H14N4OS. The van der Waals surface area contributed by atoms with Crippen LogP contribution in [0.2, 0.25) is 0 Å². The van der Waals surface area contributed by atoms with Crippen molar-refractivity contribution >= 4 is 11.3 Å². The van der Waals surface area contributed by atoms with Gasteiger partial charge < -0.3 is 5.32 Å². The van der Waals surface area contributed by atoms with Gasteiger partial charge in [-0.1, -0.05) is 0 Å². The SMILES string of the molecule is Cc1nc(Cn2nc3c(cc2=O)CNCC3)cs1. The third kappa shape index (κ3) is 2.21. The summed E-state index contributed by atoms with van der Waals surface area (Å²) >= 11 is 1.59. The summed E-state index contributed by atoms with van der Waals surface area (Å²) in [5.41, 5.74) is 2.90. The fourth-order valence-electron chi connectivity index (χ4n) is 2.11. The van der Waals surface area contributed by atoms with Gasteiger partial charge in [0.1, 0.15) is 0 Å². The molecule has 0 saturated heterocycles. The van der Waals surface area contributed by atoms with Crippen molar-refractivity contribution in [2.45, 2.75) is 26.4 Å². The molecule has 3 heterocycles. The van der Waals surface area contributed by atoms with Crippen molar-refractivity contribution in [2.75, 3.05) is 6.54 Å². The molecule has 3 rings (SSSR count). The van der Waals surface area contributed by atoms with Gasteiger partial charge in [-0.3, -0.25) is 4.79 Å². The minimum absolute atomic E-state index is 0.0527. The Balaban J connectivity index is 1.94. The van der Waals surface area contributed by atoms with E-state index in [1.54, 1.807) is 17.4 Å². The van der Waals surface area contributed by atoms with Gasteiger partial charge >= 0.3 is 0 Å². The lowest BCUT2D eigenvalue weighted by Gasteiger charge is -2.16. The topological polar surface area (TPSA) is 59.8 Å². The van der Waals surface area contributed by atoms with Crippen molar-refractivity contribution in [3.63, 3.8) is 0 Å². The smallest absolute Gasteiger partial charge is 0.267 e. The van der Waals surface area contributed by atoms with Crippen LogP contribution in [0.25, 0.3) is 0 Å². The Morgan fingerprint density at radius 2 is 2.44 bits per heavy atom. The first-order valence-electron chi connectivity index (χ1n) is 5.94. The molecule has 5 nitrogen and oxygen atoms in total. The van der Waals surface area contributed by atoms with Gasteiger partial charge in [0, 0.05) is 31.0 Å². The molecule has 18 heavy (non-hydrogen) atoms. The zero-order valence-electron chi connectivity index (χ0n) is 10.1. The van der Waals surface area contributed by atoms with Crippen LogP contribution >= 0.6 is 11.3 Å². The van der Waals surface area contributed by atoms with Crippen LogP contribution in [-0.2, 0) is 19.5 Å². The first kappa shape index (κ1) is 11.6. The number of aromatic nitrogens is 3. The van der Waals surface area contributed by atoms with Crippen LogP contribution in [0.15, 0.2) is 16.2 Å². The van der Waals surface area contributed by atoms with Crippen LogP contribution in [0.4, 0.5) is 0 Å². The summed E-state index contributed by atoms with van der Waals surface area (Å²) in [6, 6.07) is 1.69. The lowest BCUT2D eigenvalue weighted by atomic mass is 10.1. The van der Waals surface area contributed by atoms with E-state index in [4.69, 9.17) is 0 Å². The first-order chi connectivity index (χ1) is 8.72. The summed E-state index contributed by atoms with van der Waals surface area (Å²) < 4.78 is 1.51. The predicted molar refractivity (Wildman–Crippen MR) is 69.9 cm³/mol. The average Bonchev–Trinajstić information content (AvgIpc) is 2.76. The number of thiazole rings is 1. The van der Waals surface area contributed by atoms with Crippen molar-refractivity contribution in [1.29, 1.82) is 0 Å². The Kier molecular flexibility index (Phi) is 2.97. The van der Waals surface area contributed by atoms with E-state index in [9.17, 15) is 4.79 Å². The van der Waals surface area contributed by atoms with E-state index in [-0.39, 0.29) is 5.56 Å². The molecule has 2 aromatic rings. The Morgan fingerprint density at radius 1 is 1.56 bits per heavy atom. The molecule has 0 spiro atoms. The molecule has 2 aromatic heterocycles. The van der Waals surface area contributed by atoms with Gasteiger partial charge in [0.15, 0.2) is 0 Å². The number of aryl methyl sites for hydroxylation is 1. The van der Waals surface area contributed by atoms with Gasteiger partial charge in [0.2, 0.25) is 0 Å². The maximum atomic E-state index is 12.0. The molecule has 0 unspecified atom stereocenters. The largest absolute Gasteiger partial charge is 0.312 e. The van der Waals surface area contributed by atoms with Gasteiger partial charge in [-0.25, -0.2) is 9.67 Å². The summed E-state index contributed by atoms with van der Waals surface area (Å²) in [5.74, 6) is 0. The maximum absolute atomic E-state index is 12.0. The highest BCUT2D eigenvalue weighted by atomic mass is 32.1. The van der Waals surface area contributed by atoms with Crippen molar-refractivity contribution < 1.29 is 0 Å². The minimum Gasteiger partial charge on any atom is -0.312 e. The lowest BCUT2D eigenvalue weighted by Crippen LogP contribution is -2.31. The molecule has 6 heteroatoms. The average molecular weight is 262 g/mol. The van der Waals surface area contributed by atoms with E-state index >= 15 is 0 Å². The molecule has 0 aromatic carbocycles. The number of rotatable bonds is 2. The summed E-state index contributed by atoms with van der Waals surface area (Å²) in [6.07, 6.45) is 0.881. The van der Waals surface area contributed by atoms with Gasteiger partial charge in [0.25, 0.3) is 5.56 Å². The van der Waals surface area contributed by atoms with E-state index in [0.29, 0.717) is 6.54 Å². The van der Waals surface area contributed by atoms with Crippen LogP contribution < -0.4 is 10.9 Å². The van der Waals surface area contributed by atoms with Crippen LogP contribution in [0.5, 0.6) is 0 Å². The quantitative estimate of drug-likeness (QED) is 0.865. The van der Waals surface area contributed by atoms with E-state index in [1.165, 1.54) is 4.68 Å². The number of nitrogens with one attached hydrogen (secondary N) is 1. The standard InChI is InChI=1S/C12H14N4OS/c1-8-14-10(7-18-8)6-16-12(17)4-9-5-13-3-2-11(9)15-16/h4,7,13H,2-3,5-6H2,1H3. The predicted octanol–water partition coefficient (Wildman–Crippen LogP) is 0.702. The van der Waals surface area contributed by atoms with E-state index < -0.39 is 0 Å². The van der Waals surface area contributed by atoms with Crippen LogP contribution in [0.3, 0.4) is 0 Å². The highest BCUT2D eigenvalue weighted by molar-refractivity contribution is 7.09. The molecule has 1 aliphatic heterocycles. The van der Waals surface area contributed by atoms with Gasteiger partial charge in [-0.05, 0) is 12.5 Å². The second-order valence-electron chi connectivity index (χ2n) is 4.40. The third-order valence-corrected chi connectivity index (χ3v) is 3.82. The summed E-state index contributed by atoms with van der Waals surface area (Å²) in [7, 11) is 0. The van der Waals surface area contributed by atoms with Crippen molar-refractivity contribution in [1.82, 2.24) is 20.1 Å². The Morgan fingerprint density at radius 3 is 3.22 bits per heavy atom. The molecule has 0 saturated carbocycles. The molecule has 0 atom stereocenters. The normalized spacial score (nSPS) is 14.5. The molecule has 0 fully saturated rings. The zero-order valence-corrected chi connectivity index (χ0v) is 11.0. The van der Waals surface area contributed by atoms with Gasteiger partial charge in [-0.15, -0.1) is 11.3 Å². The first-order valence-corrected chi connectivity index (χ1v) is 6.82. The van der Waals surface area contributed by atoms with Gasteiger partial charge in [0.05, 0.1) is 22.9 Å². The molecule has 1 aliphatic rings. The van der Waals surface area contributed by atoms with Crippen LogP contribution in [-0.4, -0.2) is 21.3 Å². The number of nitrogens with zero attached hydrogens (tertiary/aromatic N) is 3. The lowest BCUT2D eigenvalue weighted by molar-refractivity contribution is 0.559. The number of fused-ring (bicyclic) bond motifs is 1. The fraction of sp³-hybridized carbons (Fsp3) is 0.417. The molecule has 0 bridgehead atoms. The highest BCUT2D eigenvalue weighted by Gasteiger charge is 2.13. The summed E-state index contributed by atoms with van der Waals surface area (Å²) in [6.45, 7) is 4.09. The Bertz CT molecular complexity index is 631. The number of hydrogen-bond acceptors (Lipinski definition) is 5. The van der Waals surface area contributed by atoms with Crippen molar-refractivity contribution in [3.8, 4) is 0 Å². The molecule has 0 aliphatic carbocycles. The summed E-state index contributed by atoms with van der Waals surface area (Å²) in [4.78, 5) is 16.3. The maximum Gasteiger partial charge on any atom is 0.267 e. The van der Waals surface area contributed by atoms with Crippen LogP contribution in [0.1, 0.15) is 22.0 Å². The Labute approximate surface area is 108 Å². The second kappa shape index (κ2) is 4.62. The van der Waals surface area contributed by atoms with E-state index in [0.717, 1.165) is 41.5 Å². The van der Waals surface area contributed by atoms with E-state index in [1.807, 2.05) is 12.3 Å². The molecule has 94 valence electrons. The monoisotopic (exact) mass is 262 g/mol. The minimum atomic E-state index is -0.0527. The molecular weight excluding hydrogens is 248 g/mol. The number of hydrogen-bond donors (Lipinski definition) is 1. The molecule has 1 N–H and O–H groups in total. The second-order valence-corrected chi connectivity index (χ2v) is 5.46. The van der Waals surface area contributed by atoms with Crippen LogP contribution in [0, 0.1) is 6.92 Å². The zero-order chi connectivity index (χ0) is 12.5. The highest BCUT2D eigenvalue weighted by Crippen LogP contribution is 2.10. The van der Waals surface area contributed by atoms with E-state index in [2.05, 4.69) is 15.4 Å². The summed E-state index contributed by atoms with van der Waals surface area (Å²) in [5, 5.41) is 10.7. The third-order valence-electron chi connectivity index (χ3n) is 3.00. The van der Waals surface area contributed by atoms with Crippen molar-refractivity contribution in [3.05, 3.63) is 43.8 Å². The van der Waals surface area contributed by atoms with Crippen molar-refractivity contribution in [2.24, 2.45) is 0 Å². The fourth-order valence-corrected chi connectivity index (χ4v) is 2.71.